The van der Waals surface area contributed by atoms with Gasteiger partial charge in [0.15, 0.2) is 5.17 Å². The average molecular weight is 349 g/mol. The summed E-state index contributed by atoms with van der Waals surface area (Å²) in [5, 5.41) is 3.62. The van der Waals surface area contributed by atoms with Crippen LogP contribution < -0.4 is 5.32 Å². The number of amidine groups is 1. The van der Waals surface area contributed by atoms with Crippen LogP contribution in [0.25, 0.3) is 0 Å². The Bertz CT molecular complexity index is 506. The maximum atomic E-state index is 13.6. The van der Waals surface area contributed by atoms with E-state index in [0.717, 1.165) is 18.2 Å². The fourth-order valence-corrected chi connectivity index (χ4v) is 3.19. The number of rotatable bonds is 3. The van der Waals surface area contributed by atoms with E-state index < -0.39 is 11.6 Å². The number of aliphatic imine (C=N–C) groups is 1. The highest BCUT2D eigenvalue weighted by Gasteiger charge is 2.20. The van der Waals surface area contributed by atoms with Crippen LogP contribution in [-0.4, -0.2) is 17.0 Å². The Morgan fingerprint density at radius 3 is 2.84 bits per heavy atom. The van der Waals surface area contributed by atoms with Gasteiger partial charge in [-0.05, 0) is 34.3 Å². The summed E-state index contributed by atoms with van der Waals surface area (Å²) in [7, 11) is 0. The van der Waals surface area contributed by atoms with Crippen LogP contribution in [0.4, 0.5) is 14.5 Å². The molecular formula is C13H15BrF2N2S. The Labute approximate surface area is 124 Å². The van der Waals surface area contributed by atoms with Crippen molar-refractivity contribution in [2.24, 2.45) is 10.9 Å². The Balaban J connectivity index is 2.08. The molecule has 0 amide bonds. The van der Waals surface area contributed by atoms with Crippen molar-refractivity contribution in [3.63, 3.8) is 0 Å². The van der Waals surface area contributed by atoms with E-state index in [2.05, 4.69) is 40.1 Å². The number of thioether (sulfide) groups is 1. The fraction of sp³-hybridized carbons (Fsp3) is 0.462. The van der Waals surface area contributed by atoms with E-state index in [4.69, 9.17) is 0 Å². The molecule has 0 fully saturated rings. The number of benzene rings is 1. The van der Waals surface area contributed by atoms with Crippen molar-refractivity contribution in [2.75, 3.05) is 11.1 Å². The van der Waals surface area contributed by atoms with Crippen LogP contribution in [0.1, 0.15) is 20.3 Å². The van der Waals surface area contributed by atoms with Gasteiger partial charge < -0.3 is 5.32 Å². The summed E-state index contributed by atoms with van der Waals surface area (Å²) < 4.78 is 27.0. The van der Waals surface area contributed by atoms with Crippen LogP contribution in [0, 0.1) is 17.6 Å². The molecule has 1 aliphatic heterocycles. The third kappa shape index (κ3) is 3.92. The predicted octanol–water partition coefficient (Wildman–Crippen LogP) is 4.66. The van der Waals surface area contributed by atoms with Gasteiger partial charge in [0.2, 0.25) is 0 Å². The zero-order valence-corrected chi connectivity index (χ0v) is 13.1. The molecule has 0 aliphatic carbocycles. The third-order valence-electron chi connectivity index (χ3n) is 2.71. The van der Waals surface area contributed by atoms with Crippen LogP contribution in [0.5, 0.6) is 0 Å². The summed E-state index contributed by atoms with van der Waals surface area (Å²) in [6.07, 6.45) is 1.02. The Morgan fingerprint density at radius 2 is 2.16 bits per heavy atom. The molecule has 19 heavy (non-hydrogen) atoms. The third-order valence-corrected chi connectivity index (χ3v) is 4.35. The summed E-state index contributed by atoms with van der Waals surface area (Å²) in [5.41, 5.74) is 0.240. The van der Waals surface area contributed by atoms with Gasteiger partial charge >= 0.3 is 0 Å². The topological polar surface area (TPSA) is 24.4 Å². The van der Waals surface area contributed by atoms with Crippen molar-refractivity contribution in [2.45, 2.75) is 26.3 Å². The van der Waals surface area contributed by atoms with Gasteiger partial charge in [-0.15, -0.1) is 0 Å². The maximum Gasteiger partial charge on any atom is 0.161 e. The zero-order valence-electron chi connectivity index (χ0n) is 10.7. The minimum absolute atomic E-state index is 0.235. The molecule has 1 unspecified atom stereocenters. The summed E-state index contributed by atoms with van der Waals surface area (Å²) in [4.78, 5) is 4.51. The fourth-order valence-electron chi connectivity index (χ4n) is 1.88. The van der Waals surface area contributed by atoms with Crippen molar-refractivity contribution in [3.8, 4) is 0 Å². The highest BCUT2D eigenvalue weighted by atomic mass is 79.9. The molecule has 0 saturated heterocycles. The van der Waals surface area contributed by atoms with Crippen molar-refractivity contribution in [3.05, 3.63) is 28.2 Å². The minimum Gasteiger partial charge on any atom is -0.333 e. The first-order valence-corrected chi connectivity index (χ1v) is 7.85. The molecule has 1 atom stereocenters. The Kier molecular flexibility index (Phi) is 4.84. The first kappa shape index (κ1) is 14.8. The van der Waals surface area contributed by atoms with Gasteiger partial charge in [-0.25, -0.2) is 8.78 Å². The first-order valence-electron chi connectivity index (χ1n) is 6.08. The molecule has 0 aromatic heterocycles. The molecule has 2 nitrogen and oxygen atoms in total. The monoisotopic (exact) mass is 348 g/mol. The lowest BCUT2D eigenvalue weighted by molar-refractivity contribution is 0.529. The molecule has 0 saturated carbocycles. The SMILES string of the molecule is CC(C)CC1CSC(Nc2cc(Br)c(F)cc2F)=N1. The molecule has 2 rings (SSSR count). The minimum atomic E-state index is -0.615. The first-order chi connectivity index (χ1) is 8.95. The van der Waals surface area contributed by atoms with Gasteiger partial charge in [0, 0.05) is 11.8 Å². The van der Waals surface area contributed by atoms with Crippen molar-refractivity contribution in [1.29, 1.82) is 0 Å². The van der Waals surface area contributed by atoms with Gasteiger partial charge in [0.05, 0.1) is 16.2 Å². The average Bonchev–Trinajstić information content (AvgIpc) is 2.72. The smallest absolute Gasteiger partial charge is 0.161 e. The summed E-state index contributed by atoms with van der Waals surface area (Å²) in [6.45, 7) is 4.31. The molecular weight excluding hydrogens is 334 g/mol. The standard InChI is InChI=1S/C13H15BrF2N2S/c1-7(2)3-8-6-19-13(17-8)18-12-4-9(14)10(15)5-11(12)16/h4-5,7-8H,3,6H2,1-2H3,(H,17,18). The summed E-state index contributed by atoms with van der Waals surface area (Å²) >= 11 is 4.62. The van der Waals surface area contributed by atoms with Gasteiger partial charge in [0.1, 0.15) is 11.6 Å². The Morgan fingerprint density at radius 1 is 1.42 bits per heavy atom. The highest BCUT2D eigenvalue weighted by molar-refractivity contribution is 9.10. The number of hydrogen-bond acceptors (Lipinski definition) is 3. The van der Waals surface area contributed by atoms with Gasteiger partial charge in [-0.1, -0.05) is 25.6 Å². The van der Waals surface area contributed by atoms with Gasteiger partial charge in [-0.3, -0.25) is 4.99 Å². The molecule has 0 bridgehead atoms. The zero-order chi connectivity index (χ0) is 14.0. The molecule has 104 valence electrons. The number of nitrogens with zero attached hydrogens (tertiary/aromatic N) is 1. The lowest BCUT2D eigenvalue weighted by Crippen LogP contribution is -2.09. The van der Waals surface area contributed by atoms with Gasteiger partial charge in [-0.2, -0.15) is 0 Å². The molecule has 1 aromatic carbocycles. The second-order valence-electron chi connectivity index (χ2n) is 4.90. The second-order valence-corrected chi connectivity index (χ2v) is 6.76. The number of hydrogen-bond donors (Lipinski definition) is 1. The number of anilines is 1. The highest BCUT2D eigenvalue weighted by Crippen LogP contribution is 2.28. The predicted molar refractivity (Wildman–Crippen MR) is 80.8 cm³/mol. The van der Waals surface area contributed by atoms with Crippen LogP contribution in [-0.2, 0) is 0 Å². The van der Waals surface area contributed by atoms with Crippen LogP contribution in [0.3, 0.4) is 0 Å². The normalized spacial score (nSPS) is 18.8. The van der Waals surface area contributed by atoms with E-state index in [0.29, 0.717) is 11.1 Å². The molecule has 1 N–H and O–H groups in total. The van der Waals surface area contributed by atoms with E-state index in [1.807, 2.05) is 0 Å². The number of halogens is 3. The van der Waals surface area contributed by atoms with Crippen LogP contribution >= 0.6 is 27.7 Å². The van der Waals surface area contributed by atoms with E-state index in [1.54, 1.807) is 11.8 Å². The molecule has 1 aromatic rings. The molecule has 0 radical (unpaired) electrons. The second kappa shape index (κ2) is 6.22. The van der Waals surface area contributed by atoms with Crippen LogP contribution in [0.15, 0.2) is 21.6 Å². The maximum absolute atomic E-state index is 13.6. The lowest BCUT2D eigenvalue weighted by atomic mass is 10.1. The summed E-state index contributed by atoms with van der Waals surface area (Å²) in [5.74, 6) is 0.272. The lowest BCUT2D eigenvalue weighted by Gasteiger charge is -2.08. The van der Waals surface area contributed by atoms with Crippen molar-refractivity contribution < 1.29 is 8.78 Å². The molecule has 6 heteroatoms. The largest absolute Gasteiger partial charge is 0.333 e. The van der Waals surface area contributed by atoms with E-state index in [1.165, 1.54) is 6.07 Å². The quantitative estimate of drug-likeness (QED) is 0.803. The molecule has 1 heterocycles. The molecule has 1 aliphatic rings. The van der Waals surface area contributed by atoms with Crippen molar-refractivity contribution in [1.82, 2.24) is 0 Å². The van der Waals surface area contributed by atoms with E-state index >= 15 is 0 Å². The van der Waals surface area contributed by atoms with Crippen LogP contribution in [0.2, 0.25) is 0 Å². The van der Waals surface area contributed by atoms with Gasteiger partial charge in [0.25, 0.3) is 0 Å². The van der Waals surface area contributed by atoms with E-state index in [-0.39, 0.29) is 16.2 Å². The Hall–Kier alpha value is -0.620. The van der Waals surface area contributed by atoms with Crippen molar-refractivity contribution >= 4 is 38.5 Å². The van der Waals surface area contributed by atoms with E-state index in [9.17, 15) is 8.78 Å². The number of nitrogens with one attached hydrogen (secondary N) is 1. The summed E-state index contributed by atoms with van der Waals surface area (Å²) in [6, 6.07) is 2.53. The molecule has 0 spiro atoms.